The maximum absolute atomic E-state index is 13.5. The lowest BCUT2D eigenvalue weighted by molar-refractivity contribution is -0.118. The van der Waals surface area contributed by atoms with E-state index >= 15 is 0 Å². The SMILES string of the molecule is COC(=O)c1cc(NC(=O)C2CCCCCN2)ccc1F. The highest BCUT2D eigenvalue weighted by atomic mass is 19.1. The molecule has 1 fully saturated rings. The molecule has 6 heteroatoms. The number of amides is 1. The Morgan fingerprint density at radius 2 is 2.14 bits per heavy atom. The molecule has 0 saturated carbocycles. The van der Waals surface area contributed by atoms with Gasteiger partial charge in [0.25, 0.3) is 0 Å². The third-order valence-electron chi connectivity index (χ3n) is 3.52. The van der Waals surface area contributed by atoms with Gasteiger partial charge in [0.2, 0.25) is 5.91 Å². The Morgan fingerprint density at radius 1 is 1.33 bits per heavy atom. The molecule has 1 aliphatic rings. The molecule has 0 spiro atoms. The predicted octanol–water partition coefficient (Wildman–Crippen LogP) is 2.08. The van der Waals surface area contributed by atoms with Crippen molar-refractivity contribution in [2.75, 3.05) is 19.0 Å². The van der Waals surface area contributed by atoms with Crippen molar-refractivity contribution in [3.05, 3.63) is 29.6 Å². The van der Waals surface area contributed by atoms with E-state index in [0.29, 0.717) is 5.69 Å². The molecule has 0 aliphatic carbocycles. The highest BCUT2D eigenvalue weighted by Crippen LogP contribution is 2.17. The summed E-state index contributed by atoms with van der Waals surface area (Å²) in [5.41, 5.74) is 0.192. The van der Waals surface area contributed by atoms with Crippen LogP contribution in [0.4, 0.5) is 10.1 Å². The number of halogens is 1. The van der Waals surface area contributed by atoms with Crippen LogP contribution in [-0.4, -0.2) is 31.6 Å². The van der Waals surface area contributed by atoms with Crippen molar-refractivity contribution in [1.82, 2.24) is 5.32 Å². The molecule has 0 bridgehead atoms. The molecule has 2 rings (SSSR count). The Hall–Kier alpha value is -1.95. The van der Waals surface area contributed by atoms with Crippen LogP contribution >= 0.6 is 0 Å². The van der Waals surface area contributed by atoms with Crippen molar-refractivity contribution in [3.8, 4) is 0 Å². The third-order valence-corrected chi connectivity index (χ3v) is 3.52. The predicted molar refractivity (Wildman–Crippen MR) is 76.6 cm³/mol. The lowest BCUT2D eigenvalue weighted by atomic mass is 10.1. The van der Waals surface area contributed by atoms with Gasteiger partial charge in [-0.1, -0.05) is 12.8 Å². The first-order valence-corrected chi connectivity index (χ1v) is 7.04. The molecule has 5 nitrogen and oxygen atoms in total. The molecule has 1 saturated heterocycles. The van der Waals surface area contributed by atoms with Gasteiger partial charge in [-0.15, -0.1) is 0 Å². The first kappa shape index (κ1) is 15.4. The minimum atomic E-state index is -0.767. The van der Waals surface area contributed by atoms with E-state index in [0.717, 1.165) is 38.3 Å². The zero-order chi connectivity index (χ0) is 15.2. The average Bonchev–Trinajstić information content (AvgIpc) is 2.77. The minimum absolute atomic E-state index is 0.167. The number of benzene rings is 1. The van der Waals surface area contributed by atoms with Gasteiger partial charge >= 0.3 is 5.97 Å². The number of esters is 1. The van der Waals surface area contributed by atoms with Crippen LogP contribution in [0.1, 0.15) is 36.0 Å². The lowest BCUT2D eigenvalue weighted by Crippen LogP contribution is -2.39. The van der Waals surface area contributed by atoms with E-state index in [1.54, 1.807) is 0 Å². The molecular formula is C15H19FN2O3. The summed E-state index contributed by atoms with van der Waals surface area (Å²) in [6.07, 6.45) is 3.95. The third kappa shape index (κ3) is 4.01. The molecule has 21 heavy (non-hydrogen) atoms. The average molecular weight is 294 g/mol. The number of methoxy groups -OCH3 is 1. The second kappa shape index (κ2) is 7.17. The van der Waals surface area contributed by atoms with E-state index in [1.807, 2.05) is 0 Å². The molecule has 0 radical (unpaired) electrons. The van der Waals surface area contributed by atoms with Crippen LogP contribution in [0.5, 0.6) is 0 Å². The van der Waals surface area contributed by atoms with Gasteiger partial charge in [0.05, 0.1) is 18.7 Å². The number of hydrogen-bond acceptors (Lipinski definition) is 4. The molecule has 1 unspecified atom stereocenters. The quantitative estimate of drug-likeness (QED) is 0.838. The van der Waals surface area contributed by atoms with Gasteiger partial charge in [-0.05, 0) is 37.6 Å². The van der Waals surface area contributed by atoms with Crippen molar-refractivity contribution < 1.29 is 18.7 Å². The summed E-state index contributed by atoms with van der Waals surface area (Å²) in [5.74, 6) is -1.61. The zero-order valence-electron chi connectivity index (χ0n) is 11.9. The molecule has 1 aliphatic heterocycles. The van der Waals surface area contributed by atoms with Gasteiger partial charge in [0.1, 0.15) is 5.82 Å². The summed E-state index contributed by atoms with van der Waals surface area (Å²) >= 11 is 0. The Labute approximate surface area is 122 Å². The topological polar surface area (TPSA) is 67.4 Å². The normalized spacial score (nSPS) is 18.7. The Bertz CT molecular complexity index is 526. The Morgan fingerprint density at radius 3 is 2.90 bits per heavy atom. The zero-order valence-corrected chi connectivity index (χ0v) is 11.9. The van der Waals surface area contributed by atoms with Gasteiger partial charge in [0, 0.05) is 5.69 Å². The van der Waals surface area contributed by atoms with E-state index < -0.39 is 11.8 Å². The first-order valence-electron chi connectivity index (χ1n) is 7.04. The van der Waals surface area contributed by atoms with E-state index in [4.69, 9.17) is 0 Å². The Balaban J connectivity index is 2.08. The van der Waals surface area contributed by atoms with E-state index in [2.05, 4.69) is 15.4 Å². The maximum atomic E-state index is 13.5. The standard InChI is InChI=1S/C15H19FN2O3/c1-21-15(20)11-9-10(6-7-12(11)16)18-14(19)13-5-3-2-4-8-17-13/h6-7,9,13,17H,2-5,8H2,1H3,(H,18,19). The second-order valence-electron chi connectivity index (χ2n) is 5.03. The van der Waals surface area contributed by atoms with Gasteiger partial charge in [-0.25, -0.2) is 9.18 Å². The van der Waals surface area contributed by atoms with Crippen molar-refractivity contribution in [2.45, 2.75) is 31.7 Å². The molecule has 0 aromatic heterocycles. The van der Waals surface area contributed by atoms with Gasteiger partial charge in [-0.3, -0.25) is 4.79 Å². The minimum Gasteiger partial charge on any atom is -0.465 e. The van der Waals surface area contributed by atoms with Crippen molar-refractivity contribution in [1.29, 1.82) is 0 Å². The fraction of sp³-hybridized carbons (Fsp3) is 0.467. The molecule has 1 atom stereocenters. The number of anilines is 1. The summed E-state index contributed by atoms with van der Waals surface area (Å²) in [6.45, 7) is 0.814. The summed E-state index contributed by atoms with van der Waals surface area (Å²) in [4.78, 5) is 23.6. The number of hydrogen-bond donors (Lipinski definition) is 2. The van der Waals surface area contributed by atoms with Crippen LogP contribution in [0.15, 0.2) is 18.2 Å². The van der Waals surface area contributed by atoms with Crippen LogP contribution in [0.25, 0.3) is 0 Å². The smallest absolute Gasteiger partial charge is 0.340 e. The highest BCUT2D eigenvalue weighted by molar-refractivity contribution is 5.97. The molecular weight excluding hydrogens is 275 g/mol. The molecule has 1 aromatic carbocycles. The number of carbonyl (C=O) groups excluding carboxylic acids is 2. The maximum Gasteiger partial charge on any atom is 0.340 e. The molecule has 2 N–H and O–H groups in total. The van der Waals surface area contributed by atoms with E-state index in [9.17, 15) is 14.0 Å². The van der Waals surface area contributed by atoms with Gasteiger partial charge in [-0.2, -0.15) is 0 Å². The largest absolute Gasteiger partial charge is 0.465 e. The first-order chi connectivity index (χ1) is 10.1. The van der Waals surface area contributed by atoms with Crippen molar-refractivity contribution >= 4 is 17.6 Å². The summed E-state index contributed by atoms with van der Waals surface area (Å²) in [5, 5.41) is 5.89. The van der Waals surface area contributed by atoms with E-state index in [1.165, 1.54) is 19.2 Å². The van der Waals surface area contributed by atoms with Crippen LogP contribution in [0.2, 0.25) is 0 Å². The van der Waals surface area contributed by atoms with Crippen LogP contribution < -0.4 is 10.6 Å². The highest BCUT2D eigenvalue weighted by Gasteiger charge is 2.20. The van der Waals surface area contributed by atoms with Crippen LogP contribution in [0.3, 0.4) is 0 Å². The molecule has 1 amide bonds. The number of rotatable bonds is 3. The van der Waals surface area contributed by atoms with E-state index in [-0.39, 0.29) is 17.5 Å². The monoisotopic (exact) mass is 294 g/mol. The Kier molecular flexibility index (Phi) is 5.27. The fourth-order valence-electron chi connectivity index (χ4n) is 2.35. The summed E-state index contributed by atoms with van der Waals surface area (Å²) in [7, 11) is 1.18. The van der Waals surface area contributed by atoms with Crippen LogP contribution in [0, 0.1) is 5.82 Å². The number of carbonyl (C=O) groups is 2. The molecule has 1 heterocycles. The molecule has 114 valence electrons. The fourth-order valence-corrected chi connectivity index (χ4v) is 2.35. The second-order valence-corrected chi connectivity index (χ2v) is 5.03. The summed E-state index contributed by atoms with van der Waals surface area (Å²) in [6, 6.07) is 3.60. The molecule has 1 aromatic rings. The van der Waals surface area contributed by atoms with Crippen LogP contribution in [-0.2, 0) is 9.53 Å². The van der Waals surface area contributed by atoms with Crippen molar-refractivity contribution in [3.63, 3.8) is 0 Å². The van der Waals surface area contributed by atoms with Gasteiger partial charge < -0.3 is 15.4 Å². The van der Waals surface area contributed by atoms with Crippen molar-refractivity contribution in [2.24, 2.45) is 0 Å². The summed E-state index contributed by atoms with van der Waals surface area (Å²) < 4.78 is 18.0. The van der Waals surface area contributed by atoms with Gasteiger partial charge in [0.15, 0.2) is 0 Å². The lowest BCUT2D eigenvalue weighted by Gasteiger charge is -2.16. The number of nitrogens with one attached hydrogen (secondary N) is 2. The number of ether oxygens (including phenoxy) is 1.